The summed E-state index contributed by atoms with van der Waals surface area (Å²) >= 11 is 0. The number of benzene rings is 1. The van der Waals surface area contributed by atoms with Gasteiger partial charge in [-0.25, -0.2) is 4.79 Å². The van der Waals surface area contributed by atoms with E-state index < -0.39 is 5.97 Å². The first-order valence-corrected chi connectivity index (χ1v) is 9.80. The van der Waals surface area contributed by atoms with E-state index in [-0.39, 0.29) is 24.1 Å². The van der Waals surface area contributed by atoms with Gasteiger partial charge in [0.15, 0.2) is 0 Å². The number of carboxylic acid groups (broad SMARTS) is 1. The summed E-state index contributed by atoms with van der Waals surface area (Å²) in [6, 6.07) is 5.62. The molecular weight excluding hydrogens is 346 g/mol. The standard InChI is InChI=1S/C20H27N3O4/c24-18(25)9-3-1-2-6-12-21-19(26)14-10-11-17-16(13-14)22-20(27)23(17)15-7-4-5-8-15/h10-11,13,15H,1-9,12H2,(H,21,26)(H,22,27)(H,24,25). The minimum atomic E-state index is -0.765. The summed E-state index contributed by atoms with van der Waals surface area (Å²) < 4.78 is 1.83. The minimum Gasteiger partial charge on any atom is -0.481 e. The number of fused-ring (bicyclic) bond motifs is 1. The normalized spacial score (nSPS) is 14.7. The lowest BCUT2D eigenvalue weighted by atomic mass is 10.1. The molecule has 2 aromatic rings. The maximum atomic E-state index is 12.3. The Labute approximate surface area is 157 Å². The van der Waals surface area contributed by atoms with Crippen LogP contribution < -0.4 is 11.0 Å². The number of aliphatic carboxylic acids is 1. The molecule has 146 valence electrons. The Bertz CT molecular complexity index is 862. The smallest absolute Gasteiger partial charge is 0.326 e. The molecule has 1 aromatic heterocycles. The molecule has 3 rings (SSSR count). The summed E-state index contributed by atoms with van der Waals surface area (Å²) in [4.78, 5) is 38.0. The number of nitrogens with one attached hydrogen (secondary N) is 2. The molecule has 0 radical (unpaired) electrons. The number of aromatic amines is 1. The second-order valence-corrected chi connectivity index (χ2v) is 7.28. The second kappa shape index (κ2) is 8.88. The molecule has 1 heterocycles. The van der Waals surface area contributed by atoms with Crippen molar-refractivity contribution < 1.29 is 14.7 Å². The molecule has 1 amide bonds. The second-order valence-electron chi connectivity index (χ2n) is 7.28. The van der Waals surface area contributed by atoms with Crippen LogP contribution in [0.15, 0.2) is 23.0 Å². The molecule has 7 nitrogen and oxygen atoms in total. The highest BCUT2D eigenvalue weighted by Crippen LogP contribution is 2.30. The van der Waals surface area contributed by atoms with Crippen molar-refractivity contribution in [3.05, 3.63) is 34.2 Å². The summed E-state index contributed by atoms with van der Waals surface area (Å²) in [5, 5.41) is 11.5. The molecule has 0 aliphatic heterocycles. The van der Waals surface area contributed by atoms with Crippen LogP contribution in [0.1, 0.15) is 74.2 Å². The average Bonchev–Trinajstić information content (AvgIpc) is 3.26. The van der Waals surface area contributed by atoms with Gasteiger partial charge >= 0.3 is 11.7 Å². The molecule has 1 aliphatic carbocycles. The van der Waals surface area contributed by atoms with Crippen molar-refractivity contribution in [1.29, 1.82) is 0 Å². The zero-order valence-corrected chi connectivity index (χ0v) is 15.5. The maximum Gasteiger partial charge on any atom is 0.326 e. The molecule has 1 saturated carbocycles. The summed E-state index contributed by atoms with van der Waals surface area (Å²) in [6.07, 6.45) is 7.80. The van der Waals surface area contributed by atoms with Crippen molar-refractivity contribution >= 4 is 22.9 Å². The van der Waals surface area contributed by atoms with Crippen molar-refractivity contribution in [2.75, 3.05) is 6.54 Å². The summed E-state index contributed by atoms with van der Waals surface area (Å²) in [5.74, 6) is -0.921. The van der Waals surface area contributed by atoms with Gasteiger partial charge in [0.25, 0.3) is 5.91 Å². The first kappa shape index (κ1) is 19.2. The molecule has 0 bridgehead atoms. The number of unbranched alkanes of at least 4 members (excludes halogenated alkanes) is 3. The summed E-state index contributed by atoms with van der Waals surface area (Å²) in [6.45, 7) is 0.559. The van der Waals surface area contributed by atoms with Crippen molar-refractivity contribution in [2.24, 2.45) is 0 Å². The SMILES string of the molecule is O=C(O)CCCCCCNC(=O)c1ccc2c(c1)[nH]c(=O)n2C1CCCC1. The van der Waals surface area contributed by atoms with E-state index in [1.807, 2.05) is 10.6 Å². The largest absolute Gasteiger partial charge is 0.481 e. The van der Waals surface area contributed by atoms with Gasteiger partial charge in [0.2, 0.25) is 0 Å². The van der Waals surface area contributed by atoms with Crippen LogP contribution in [-0.2, 0) is 4.79 Å². The van der Waals surface area contributed by atoms with E-state index in [4.69, 9.17) is 5.11 Å². The van der Waals surface area contributed by atoms with Crippen molar-refractivity contribution in [3.63, 3.8) is 0 Å². The monoisotopic (exact) mass is 373 g/mol. The zero-order chi connectivity index (χ0) is 19.2. The highest BCUT2D eigenvalue weighted by atomic mass is 16.4. The molecule has 0 unspecified atom stereocenters. The zero-order valence-electron chi connectivity index (χ0n) is 15.5. The van der Waals surface area contributed by atoms with Gasteiger partial charge < -0.3 is 15.4 Å². The van der Waals surface area contributed by atoms with Crippen LogP contribution in [-0.4, -0.2) is 33.1 Å². The van der Waals surface area contributed by atoms with E-state index in [1.54, 1.807) is 12.1 Å². The average molecular weight is 373 g/mol. The number of carbonyl (C=O) groups is 2. The number of aromatic nitrogens is 2. The number of amides is 1. The van der Waals surface area contributed by atoms with E-state index >= 15 is 0 Å². The number of nitrogens with zero attached hydrogens (tertiary/aromatic N) is 1. The molecule has 1 aliphatic rings. The van der Waals surface area contributed by atoms with E-state index in [2.05, 4.69) is 10.3 Å². The fraction of sp³-hybridized carbons (Fsp3) is 0.550. The van der Waals surface area contributed by atoms with Gasteiger partial charge in [0.05, 0.1) is 11.0 Å². The number of imidazole rings is 1. The third-order valence-corrected chi connectivity index (χ3v) is 5.27. The highest BCUT2D eigenvalue weighted by molar-refractivity contribution is 5.97. The molecule has 1 fully saturated rings. The maximum absolute atomic E-state index is 12.3. The van der Waals surface area contributed by atoms with Gasteiger partial charge in [-0.15, -0.1) is 0 Å². The van der Waals surface area contributed by atoms with Crippen LogP contribution in [0.25, 0.3) is 11.0 Å². The van der Waals surface area contributed by atoms with Gasteiger partial charge in [-0.3, -0.25) is 14.2 Å². The van der Waals surface area contributed by atoms with Crippen LogP contribution in [0.3, 0.4) is 0 Å². The Morgan fingerprint density at radius 3 is 2.63 bits per heavy atom. The summed E-state index contributed by atoms with van der Waals surface area (Å²) in [5.41, 5.74) is 2.00. The van der Waals surface area contributed by atoms with Gasteiger partial charge in [-0.1, -0.05) is 25.7 Å². The topological polar surface area (TPSA) is 104 Å². The fourth-order valence-electron chi connectivity index (χ4n) is 3.86. The Morgan fingerprint density at radius 2 is 1.89 bits per heavy atom. The lowest BCUT2D eigenvalue weighted by Gasteiger charge is -2.11. The number of carboxylic acids is 1. The van der Waals surface area contributed by atoms with Crippen molar-refractivity contribution in [3.8, 4) is 0 Å². The van der Waals surface area contributed by atoms with E-state index in [0.717, 1.165) is 50.5 Å². The number of carbonyl (C=O) groups excluding carboxylic acids is 1. The first-order chi connectivity index (χ1) is 13.1. The Morgan fingerprint density at radius 1 is 1.15 bits per heavy atom. The van der Waals surface area contributed by atoms with Crippen LogP contribution in [0.4, 0.5) is 0 Å². The molecule has 0 saturated heterocycles. The first-order valence-electron chi connectivity index (χ1n) is 9.80. The number of rotatable bonds is 9. The molecule has 1 aromatic carbocycles. The lowest BCUT2D eigenvalue weighted by Crippen LogP contribution is -2.24. The van der Waals surface area contributed by atoms with Gasteiger partial charge in [-0.2, -0.15) is 0 Å². The van der Waals surface area contributed by atoms with Crippen molar-refractivity contribution in [2.45, 2.75) is 63.8 Å². The number of hydrogen-bond donors (Lipinski definition) is 3. The lowest BCUT2D eigenvalue weighted by molar-refractivity contribution is -0.137. The van der Waals surface area contributed by atoms with Crippen LogP contribution in [0, 0.1) is 0 Å². The van der Waals surface area contributed by atoms with Gasteiger partial charge in [0, 0.05) is 24.6 Å². The molecule has 3 N–H and O–H groups in total. The third kappa shape index (κ3) is 4.78. The Balaban J connectivity index is 1.55. The molecule has 0 spiro atoms. The van der Waals surface area contributed by atoms with Crippen LogP contribution >= 0.6 is 0 Å². The molecular formula is C20H27N3O4. The Kier molecular flexibility index (Phi) is 6.32. The van der Waals surface area contributed by atoms with Crippen LogP contribution in [0.2, 0.25) is 0 Å². The Hall–Kier alpha value is -2.57. The quantitative estimate of drug-likeness (QED) is 0.587. The predicted molar refractivity (Wildman–Crippen MR) is 103 cm³/mol. The van der Waals surface area contributed by atoms with Crippen LogP contribution in [0.5, 0.6) is 0 Å². The van der Waals surface area contributed by atoms with Crippen molar-refractivity contribution in [1.82, 2.24) is 14.9 Å². The number of H-pyrrole nitrogens is 1. The third-order valence-electron chi connectivity index (χ3n) is 5.27. The fourth-order valence-corrected chi connectivity index (χ4v) is 3.86. The van der Waals surface area contributed by atoms with E-state index in [1.165, 1.54) is 0 Å². The van der Waals surface area contributed by atoms with Gasteiger partial charge in [0.1, 0.15) is 0 Å². The highest BCUT2D eigenvalue weighted by Gasteiger charge is 2.21. The molecule has 27 heavy (non-hydrogen) atoms. The van der Waals surface area contributed by atoms with Gasteiger partial charge in [-0.05, 0) is 43.9 Å². The minimum absolute atomic E-state index is 0.101. The van der Waals surface area contributed by atoms with E-state index in [0.29, 0.717) is 24.0 Å². The molecule has 7 heteroatoms. The number of hydrogen-bond acceptors (Lipinski definition) is 3. The predicted octanol–water partition coefficient (Wildman–Crippen LogP) is 3.21. The summed E-state index contributed by atoms with van der Waals surface area (Å²) in [7, 11) is 0. The van der Waals surface area contributed by atoms with E-state index in [9.17, 15) is 14.4 Å². The molecule has 0 atom stereocenters.